The molecule has 0 spiro atoms. The summed E-state index contributed by atoms with van der Waals surface area (Å²) < 4.78 is 28.3. The van der Waals surface area contributed by atoms with Crippen molar-refractivity contribution < 1.29 is 8.42 Å². The second-order valence-corrected chi connectivity index (χ2v) is 8.10. The highest BCUT2D eigenvalue weighted by atomic mass is 32.2. The van der Waals surface area contributed by atoms with Gasteiger partial charge in [0.2, 0.25) is 0 Å². The maximum absolute atomic E-state index is 12.9. The summed E-state index contributed by atoms with van der Waals surface area (Å²) in [5.41, 5.74) is 2.68. The summed E-state index contributed by atoms with van der Waals surface area (Å²) >= 11 is 0. The molecule has 2 heterocycles. The molecule has 10 heteroatoms. The number of fused-ring (bicyclic) bond motifs is 1. The van der Waals surface area contributed by atoms with E-state index in [1.807, 2.05) is 19.1 Å². The Hall–Kier alpha value is -3.92. The smallest absolute Gasteiger partial charge is 0.263 e. The van der Waals surface area contributed by atoms with Crippen LogP contribution in [0.5, 0.6) is 0 Å². The first kappa shape index (κ1) is 19.4. The van der Waals surface area contributed by atoms with Crippen LogP contribution in [-0.2, 0) is 10.0 Å². The molecule has 0 saturated carbocycles. The number of rotatable bonds is 6. The minimum Gasteiger partial charge on any atom is -0.336 e. The monoisotopic (exact) mass is 420 g/mol. The van der Waals surface area contributed by atoms with Crippen LogP contribution in [0.4, 0.5) is 23.0 Å². The lowest BCUT2D eigenvalue weighted by atomic mass is 10.2. The van der Waals surface area contributed by atoms with Gasteiger partial charge in [-0.2, -0.15) is 0 Å². The molecule has 0 radical (unpaired) electrons. The summed E-state index contributed by atoms with van der Waals surface area (Å²) in [5, 5.41) is 5.88. The van der Waals surface area contributed by atoms with E-state index in [4.69, 9.17) is 0 Å². The Morgan fingerprint density at radius 3 is 2.37 bits per heavy atom. The van der Waals surface area contributed by atoms with Crippen LogP contribution in [0.25, 0.3) is 11.0 Å². The van der Waals surface area contributed by atoms with Crippen molar-refractivity contribution in [2.24, 2.45) is 5.18 Å². The van der Waals surface area contributed by atoms with E-state index >= 15 is 0 Å². The summed E-state index contributed by atoms with van der Waals surface area (Å²) in [5.74, 6) is 0.236. The topological polar surface area (TPSA) is 126 Å². The Morgan fingerprint density at radius 2 is 1.67 bits per heavy atom. The van der Waals surface area contributed by atoms with Crippen LogP contribution >= 0.6 is 0 Å². The third-order valence-corrected chi connectivity index (χ3v) is 5.66. The molecule has 4 rings (SSSR count). The van der Waals surface area contributed by atoms with Crippen LogP contribution < -0.4 is 10.0 Å². The average Bonchev–Trinajstić information content (AvgIpc) is 2.75. The fourth-order valence-corrected chi connectivity index (χ4v) is 3.82. The Morgan fingerprint density at radius 1 is 0.933 bits per heavy atom. The summed E-state index contributed by atoms with van der Waals surface area (Å²) in [6.45, 7) is 1.89. The zero-order valence-electron chi connectivity index (χ0n) is 15.8. The number of sulfonamides is 1. The molecule has 0 bridgehead atoms. The van der Waals surface area contributed by atoms with Gasteiger partial charge in [0.15, 0.2) is 11.6 Å². The first-order valence-electron chi connectivity index (χ1n) is 8.87. The van der Waals surface area contributed by atoms with E-state index in [0.717, 1.165) is 5.56 Å². The van der Waals surface area contributed by atoms with Gasteiger partial charge in [0.05, 0.1) is 27.8 Å². The summed E-state index contributed by atoms with van der Waals surface area (Å²) in [4.78, 5) is 23.7. The van der Waals surface area contributed by atoms with Crippen molar-refractivity contribution >= 4 is 44.1 Å². The number of anilines is 3. The van der Waals surface area contributed by atoms with E-state index in [-0.39, 0.29) is 22.2 Å². The third-order valence-electron chi connectivity index (χ3n) is 4.33. The lowest BCUT2D eigenvalue weighted by Gasteiger charge is -2.14. The van der Waals surface area contributed by atoms with Crippen LogP contribution in [0, 0.1) is 11.8 Å². The number of hydrogen-bond donors (Lipinski definition) is 2. The number of hydrogen-bond acceptors (Lipinski definition) is 8. The van der Waals surface area contributed by atoms with Gasteiger partial charge >= 0.3 is 0 Å². The molecule has 150 valence electrons. The minimum absolute atomic E-state index is 0.00630. The fourth-order valence-electron chi connectivity index (χ4n) is 2.77. The van der Waals surface area contributed by atoms with Crippen LogP contribution in [-0.4, -0.2) is 23.4 Å². The number of benzene rings is 2. The molecule has 2 aromatic heterocycles. The van der Waals surface area contributed by atoms with Crippen molar-refractivity contribution in [2.75, 3.05) is 10.0 Å². The number of aromatic nitrogens is 3. The van der Waals surface area contributed by atoms with Crippen molar-refractivity contribution in [1.29, 1.82) is 0 Å². The largest absolute Gasteiger partial charge is 0.336 e. The van der Waals surface area contributed by atoms with Crippen molar-refractivity contribution in [3.63, 3.8) is 0 Å². The Labute approximate surface area is 172 Å². The predicted octanol–water partition coefficient (Wildman–Crippen LogP) is 4.28. The van der Waals surface area contributed by atoms with Crippen LogP contribution in [0.3, 0.4) is 0 Å². The second-order valence-electron chi connectivity index (χ2n) is 6.42. The molecule has 0 fully saturated rings. The lowest BCUT2D eigenvalue weighted by Crippen LogP contribution is -2.16. The molecule has 0 aliphatic carbocycles. The molecule has 0 aliphatic heterocycles. The molecule has 30 heavy (non-hydrogen) atoms. The van der Waals surface area contributed by atoms with E-state index in [0.29, 0.717) is 16.7 Å². The molecule has 9 nitrogen and oxygen atoms in total. The molecule has 0 aliphatic rings. The molecular weight excluding hydrogens is 404 g/mol. The SMILES string of the molecule is Cc1ccncc1Nc1nc2ccccc2nc1NS(=O)(=O)c1cccc(N=O)c1. The molecule has 0 amide bonds. The first-order valence-corrected chi connectivity index (χ1v) is 10.4. The quantitative estimate of drug-likeness (QED) is 0.446. The molecule has 0 atom stereocenters. The number of nitroso groups, excluding NO2 is 1. The van der Waals surface area contributed by atoms with Gasteiger partial charge in [0.25, 0.3) is 10.0 Å². The number of pyridine rings is 1. The Bertz CT molecular complexity index is 1360. The fraction of sp³-hybridized carbons (Fsp3) is 0.0500. The van der Waals surface area contributed by atoms with E-state index in [9.17, 15) is 13.3 Å². The van der Waals surface area contributed by atoms with Crippen molar-refractivity contribution in [2.45, 2.75) is 11.8 Å². The first-order chi connectivity index (χ1) is 14.5. The molecule has 0 saturated heterocycles. The van der Waals surface area contributed by atoms with E-state index in [2.05, 4.69) is 30.2 Å². The van der Waals surface area contributed by atoms with Crippen LogP contribution in [0.1, 0.15) is 5.56 Å². The minimum atomic E-state index is -4.05. The van der Waals surface area contributed by atoms with Crippen LogP contribution in [0.15, 0.2) is 77.1 Å². The second kappa shape index (κ2) is 7.84. The zero-order chi connectivity index (χ0) is 21.1. The highest BCUT2D eigenvalue weighted by Gasteiger charge is 2.20. The van der Waals surface area contributed by atoms with Gasteiger partial charge in [-0.3, -0.25) is 9.71 Å². The lowest BCUT2D eigenvalue weighted by molar-refractivity contribution is 0.601. The van der Waals surface area contributed by atoms with Crippen LogP contribution in [0.2, 0.25) is 0 Å². The van der Waals surface area contributed by atoms with Gasteiger partial charge in [-0.1, -0.05) is 18.2 Å². The van der Waals surface area contributed by atoms with Gasteiger partial charge < -0.3 is 5.32 Å². The van der Waals surface area contributed by atoms with E-state index < -0.39 is 10.0 Å². The standard InChI is InChI=1S/C20H16N6O3S/c1-13-9-10-21-12-18(13)24-19-20(23-17-8-3-2-7-16(17)22-19)26-30(28,29)15-6-4-5-14(11-15)25-27/h2-12H,1H3,(H,22,24)(H,23,26). The normalized spacial score (nSPS) is 11.2. The molecular formula is C20H16N6O3S. The van der Waals surface area contributed by atoms with Gasteiger partial charge in [-0.25, -0.2) is 18.4 Å². The molecule has 0 unspecified atom stereocenters. The summed E-state index contributed by atoms with van der Waals surface area (Å²) in [6, 6.07) is 14.3. The molecule has 2 aromatic carbocycles. The van der Waals surface area contributed by atoms with Gasteiger partial charge in [-0.05, 0) is 54.1 Å². The predicted molar refractivity (Wildman–Crippen MR) is 115 cm³/mol. The van der Waals surface area contributed by atoms with E-state index in [1.165, 1.54) is 24.3 Å². The molecule has 2 N–H and O–H groups in total. The number of nitrogens with zero attached hydrogens (tertiary/aromatic N) is 4. The van der Waals surface area contributed by atoms with Crippen molar-refractivity contribution in [3.8, 4) is 0 Å². The zero-order valence-corrected chi connectivity index (χ0v) is 16.6. The number of nitrogens with one attached hydrogen (secondary N) is 2. The highest BCUT2D eigenvalue weighted by Crippen LogP contribution is 2.28. The Balaban J connectivity index is 1.80. The highest BCUT2D eigenvalue weighted by molar-refractivity contribution is 7.92. The van der Waals surface area contributed by atoms with Gasteiger partial charge in [0, 0.05) is 6.20 Å². The van der Waals surface area contributed by atoms with Gasteiger partial charge in [-0.15, -0.1) is 4.91 Å². The maximum Gasteiger partial charge on any atom is 0.263 e. The third kappa shape index (κ3) is 3.94. The number of para-hydroxylation sites is 2. The summed E-state index contributed by atoms with van der Waals surface area (Å²) in [6.07, 6.45) is 3.27. The number of aryl methyl sites for hydroxylation is 1. The average molecular weight is 420 g/mol. The van der Waals surface area contributed by atoms with Gasteiger partial charge in [0.1, 0.15) is 5.69 Å². The van der Waals surface area contributed by atoms with Crippen molar-refractivity contribution in [1.82, 2.24) is 15.0 Å². The van der Waals surface area contributed by atoms with E-state index in [1.54, 1.807) is 30.6 Å². The summed E-state index contributed by atoms with van der Waals surface area (Å²) in [7, 11) is -4.05. The van der Waals surface area contributed by atoms with Crippen molar-refractivity contribution in [3.05, 3.63) is 77.5 Å². The Kier molecular flexibility index (Phi) is 5.07. The molecule has 4 aromatic rings. The maximum atomic E-state index is 12.9.